The number of anilines is 1. The van der Waals surface area contributed by atoms with Gasteiger partial charge >= 0.3 is 0 Å². The summed E-state index contributed by atoms with van der Waals surface area (Å²) in [5.74, 6) is -0.333. The molecule has 0 spiro atoms. The Morgan fingerprint density at radius 1 is 1.09 bits per heavy atom. The molecule has 0 atom stereocenters. The van der Waals surface area contributed by atoms with E-state index in [1.54, 1.807) is 12.1 Å². The minimum absolute atomic E-state index is 0.220. The quantitative estimate of drug-likeness (QED) is 0.822. The average molecular weight is 306 g/mol. The Kier molecular flexibility index (Phi) is 3.73. The van der Waals surface area contributed by atoms with E-state index in [2.05, 4.69) is 17.0 Å². The van der Waals surface area contributed by atoms with Crippen LogP contribution in [-0.4, -0.2) is 18.5 Å². The fraction of sp³-hybridized carbons (Fsp3) is 0.222. The summed E-state index contributed by atoms with van der Waals surface area (Å²) in [6, 6.07) is 10.3. The average Bonchev–Trinajstić information content (AvgIpc) is 2.55. The molecule has 1 aliphatic heterocycles. The lowest BCUT2D eigenvalue weighted by Crippen LogP contribution is -2.28. The number of nitriles is 2. The van der Waals surface area contributed by atoms with E-state index < -0.39 is 0 Å². The zero-order valence-corrected chi connectivity index (χ0v) is 12.7. The maximum atomic E-state index is 13.2. The van der Waals surface area contributed by atoms with Crippen LogP contribution in [0.4, 0.5) is 10.1 Å². The van der Waals surface area contributed by atoms with Crippen molar-refractivity contribution in [3.8, 4) is 23.3 Å². The molecule has 0 fully saturated rings. The highest BCUT2D eigenvalue weighted by Gasteiger charge is 2.26. The van der Waals surface area contributed by atoms with Crippen molar-refractivity contribution in [2.75, 3.05) is 19.3 Å². The summed E-state index contributed by atoms with van der Waals surface area (Å²) in [7, 11) is 1.99. The lowest BCUT2D eigenvalue weighted by atomic mass is 9.84. The van der Waals surface area contributed by atoms with E-state index in [1.165, 1.54) is 12.1 Å². The molecular weight excluding hydrogens is 291 g/mol. The molecule has 23 heavy (non-hydrogen) atoms. The smallest absolute Gasteiger partial charge is 0.123 e. The normalized spacial score (nSPS) is 13.9. The van der Waals surface area contributed by atoms with E-state index in [9.17, 15) is 14.9 Å². The lowest BCUT2D eigenvalue weighted by molar-refractivity contribution is 0.313. The number of fused-ring (bicyclic) bond motifs is 1. The number of halogens is 1. The van der Waals surface area contributed by atoms with Crippen LogP contribution < -0.4 is 5.73 Å². The first-order chi connectivity index (χ1) is 11.1. The molecule has 0 saturated carbocycles. The van der Waals surface area contributed by atoms with Crippen LogP contribution >= 0.6 is 0 Å². The lowest BCUT2D eigenvalue weighted by Gasteiger charge is -2.29. The fourth-order valence-electron chi connectivity index (χ4n) is 3.16. The van der Waals surface area contributed by atoms with Gasteiger partial charge in [-0.25, -0.2) is 4.39 Å². The summed E-state index contributed by atoms with van der Waals surface area (Å²) >= 11 is 0. The zero-order chi connectivity index (χ0) is 16.6. The van der Waals surface area contributed by atoms with Gasteiger partial charge in [0.25, 0.3) is 0 Å². The first-order valence-electron chi connectivity index (χ1n) is 7.28. The van der Waals surface area contributed by atoms with E-state index >= 15 is 0 Å². The van der Waals surface area contributed by atoms with Crippen molar-refractivity contribution in [2.24, 2.45) is 0 Å². The first-order valence-corrected chi connectivity index (χ1v) is 7.28. The van der Waals surface area contributed by atoms with Crippen LogP contribution in [0, 0.1) is 28.5 Å². The van der Waals surface area contributed by atoms with Crippen LogP contribution in [-0.2, 0) is 13.0 Å². The predicted octanol–water partition coefficient (Wildman–Crippen LogP) is 2.81. The molecular formula is C18H15FN4. The van der Waals surface area contributed by atoms with Gasteiger partial charge in [-0.1, -0.05) is 12.1 Å². The molecule has 0 unspecified atom stereocenters. The summed E-state index contributed by atoms with van der Waals surface area (Å²) < 4.78 is 13.2. The molecule has 4 nitrogen and oxygen atoms in total. The van der Waals surface area contributed by atoms with E-state index in [0.717, 1.165) is 23.2 Å². The molecule has 2 aromatic rings. The molecule has 1 aliphatic rings. The van der Waals surface area contributed by atoms with Crippen molar-refractivity contribution in [3.05, 3.63) is 52.3 Å². The second kappa shape index (κ2) is 5.72. The Morgan fingerprint density at radius 3 is 2.35 bits per heavy atom. The zero-order valence-electron chi connectivity index (χ0n) is 12.7. The summed E-state index contributed by atoms with van der Waals surface area (Å²) in [5, 5.41) is 19.0. The monoisotopic (exact) mass is 306 g/mol. The summed E-state index contributed by atoms with van der Waals surface area (Å²) in [5.41, 5.74) is 10.3. The number of rotatable bonds is 1. The molecule has 0 bridgehead atoms. The molecule has 3 rings (SSSR count). The van der Waals surface area contributed by atoms with Gasteiger partial charge in [0.1, 0.15) is 18.0 Å². The summed E-state index contributed by atoms with van der Waals surface area (Å²) in [6.07, 6.45) is 0.707. The Labute approximate surface area is 134 Å². The van der Waals surface area contributed by atoms with Gasteiger partial charge in [-0.3, -0.25) is 0 Å². The van der Waals surface area contributed by atoms with Gasteiger partial charge in [-0.2, -0.15) is 10.5 Å². The van der Waals surface area contributed by atoms with Gasteiger partial charge in [0.2, 0.25) is 0 Å². The molecule has 0 aliphatic carbocycles. The third kappa shape index (κ3) is 2.42. The molecule has 114 valence electrons. The minimum Gasteiger partial charge on any atom is -0.397 e. The van der Waals surface area contributed by atoms with Gasteiger partial charge in [0.15, 0.2) is 0 Å². The van der Waals surface area contributed by atoms with Crippen molar-refractivity contribution in [1.29, 1.82) is 10.5 Å². The highest BCUT2D eigenvalue weighted by molar-refractivity contribution is 5.85. The van der Waals surface area contributed by atoms with Crippen LogP contribution in [0.3, 0.4) is 0 Å². The van der Waals surface area contributed by atoms with Gasteiger partial charge in [-0.15, -0.1) is 0 Å². The van der Waals surface area contributed by atoms with Crippen LogP contribution in [0.1, 0.15) is 22.3 Å². The molecule has 0 aromatic heterocycles. The van der Waals surface area contributed by atoms with Crippen molar-refractivity contribution in [1.82, 2.24) is 4.90 Å². The van der Waals surface area contributed by atoms with Gasteiger partial charge in [-0.05, 0) is 42.3 Å². The second-order valence-electron chi connectivity index (χ2n) is 5.71. The van der Waals surface area contributed by atoms with Crippen molar-refractivity contribution in [2.45, 2.75) is 13.0 Å². The predicted molar refractivity (Wildman–Crippen MR) is 85.7 cm³/mol. The Hall–Kier alpha value is -2.89. The number of benzene rings is 2. The summed E-state index contributed by atoms with van der Waals surface area (Å²) in [4.78, 5) is 2.13. The van der Waals surface area contributed by atoms with Gasteiger partial charge < -0.3 is 10.6 Å². The van der Waals surface area contributed by atoms with Crippen molar-refractivity contribution < 1.29 is 4.39 Å². The highest BCUT2D eigenvalue weighted by Crippen LogP contribution is 2.39. The Morgan fingerprint density at radius 2 is 1.74 bits per heavy atom. The van der Waals surface area contributed by atoms with Crippen LogP contribution in [0.15, 0.2) is 24.3 Å². The largest absolute Gasteiger partial charge is 0.397 e. The number of nitrogen functional groups attached to an aromatic ring is 1. The highest BCUT2D eigenvalue weighted by atomic mass is 19.1. The van der Waals surface area contributed by atoms with Crippen LogP contribution in [0.25, 0.3) is 11.1 Å². The second-order valence-corrected chi connectivity index (χ2v) is 5.71. The molecule has 0 amide bonds. The van der Waals surface area contributed by atoms with E-state index in [1.807, 2.05) is 7.05 Å². The van der Waals surface area contributed by atoms with E-state index in [-0.39, 0.29) is 11.5 Å². The number of hydrogen-bond acceptors (Lipinski definition) is 4. The maximum absolute atomic E-state index is 13.2. The molecule has 2 aromatic carbocycles. The van der Waals surface area contributed by atoms with E-state index in [4.69, 9.17) is 5.73 Å². The maximum Gasteiger partial charge on any atom is 0.123 e. The van der Waals surface area contributed by atoms with Crippen molar-refractivity contribution >= 4 is 5.69 Å². The molecule has 2 N–H and O–H groups in total. The fourth-order valence-corrected chi connectivity index (χ4v) is 3.16. The molecule has 5 heteroatoms. The van der Waals surface area contributed by atoms with Crippen LogP contribution in [0.5, 0.6) is 0 Å². The molecule has 1 heterocycles. The topological polar surface area (TPSA) is 76.8 Å². The Bertz CT molecular complexity index is 857. The molecule has 0 saturated heterocycles. The number of nitrogens with zero attached hydrogens (tertiary/aromatic N) is 3. The third-order valence-electron chi connectivity index (χ3n) is 4.28. The number of likely N-dealkylation sites (N-methyl/N-ethyl adjacent to an activating group) is 1. The summed E-state index contributed by atoms with van der Waals surface area (Å²) in [6.45, 7) is 1.46. The number of hydrogen-bond donors (Lipinski definition) is 1. The Balaban J connectivity index is 2.38. The van der Waals surface area contributed by atoms with Crippen LogP contribution in [0.2, 0.25) is 0 Å². The molecule has 0 radical (unpaired) electrons. The van der Waals surface area contributed by atoms with Gasteiger partial charge in [0.05, 0.1) is 16.8 Å². The third-order valence-corrected chi connectivity index (χ3v) is 4.28. The minimum atomic E-state index is -0.333. The first kappa shape index (κ1) is 15.0. The number of nitrogens with two attached hydrogens (primary N) is 1. The van der Waals surface area contributed by atoms with Crippen molar-refractivity contribution in [3.63, 3.8) is 0 Å². The van der Waals surface area contributed by atoms with Gasteiger partial charge in [0, 0.05) is 18.7 Å². The van der Waals surface area contributed by atoms with E-state index in [0.29, 0.717) is 29.7 Å². The standard InChI is InChI=1S/C18H15FN4/c1-23-7-6-13-14(8-20)18(22)15(9-21)17(16(13)10-23)11-2-4-12(19)5-3-11/h2-5H,6-7,10,22H2,1H3. The SMILES string of the molecule is CN1CCc2c(C#N)c(N)c(C#N)c(-c3ccc(F)cc3)c2C1.